The van der Waals surface area contributed by atoms with Gasteiger partial charge in [-0.1, -0.05) is 61.5 Å². The van der Waals surface area contributed by atoms with Crippen molar-refractivity contribution in [3.05, 3.63) is 64.7 Å². The third-order valence-electron chi connectivity index (χ3n) is 5.74. The minimum Gasteiger partial charge on any atom is -0.317 e. The van der Waals surface area contributed by atoms with Crippen LogP contribution >= 0.6 is 11.8 Å². The third-order valence-corrected chi connectivity index (χ3v) is 8.99. The van der Waals surface area contributed by atoms with Crippen LogP contribution in [0.15, 0.2) is 47.5 Å². The quantitative estimate of drug-likeness (QED) is 0.708. The maximum absolute atomic E-state index is 12.0. The summed E-state index contributed by atoms with van der Waals surface area (Å²) in [6.45, 7) is 9.37. The zero-order valence-corrected chi connectivity index (χ0v) is 19.1. The molecule has 2 aromatic carbocycles. The SMILES string of the molecule is Cc1ccc(C)c(CN(C2=NC3CS(=O)(=O)CC3S2)c2ccc(C(C)C)cc2)c1. The molecule has 0 spiro atoms. The number of aryl methyl sites for hydroxylation is 2. The van der Waals surface area contributed by atoms with Crippen LogP contribution in [0.5, 0.6) is 0 Å². The van der Waals surface area contributed by atoms with Crippen molar-refractivity contribution >= 4 is 32.5 Å². The van der Waals surface area contributed by atoms with Gasteiger partial charge in [0.15, 0.2) is 15.0 Å². The molecule has 154 valence electrons. The predicted octanol–water partition coefficient (Wildman–Crippen LogP) is 4.70. The second-order valence-corrected chi connectivity index (χ2v) is 11.8. The Balaban J connectivity index is 1.69. The maximum atomic E-state index is 12.0. The van der Waals surface area contributed by atoms with Crippen molar-refractivity contribution in [1.82, 2.24) is 0 Å². The Bertz CT molecular complexity index is 1040. The highest BCUT2D eigenvalue weighted by Crippen LogP contribution is 2.37. The predicted molar refractivity (Wildman–Crippen MR) is 124 cm³/mol. The van der Waals surface area contributed by atoms with E-state index >= 15 is 0 Å². The summed E-state index contributed by atoms with van der Waals surface area (Å²) < 4.78 is 23.9. The Morgan fingerprint density at radius 1 is 1.10 bits per heavy atom. The van der Waals surface area contributed by atoms with Crippen molar-refractivity contribution < 1.29 is 8.42 Å². The molecule has 1 fully saturated rings. The molecule has 2 aromatic rings. The molecule has 6 heteroatoms. The minimum atomic E-state index is -2.95. The minimum absolute atomic E-state index is 0.0473. The first-order valence-electron chi connectivity index (χ1n) is 10.1. The molecule has 4 nitrogen and oxygen atoms in total. The standard InChI is InChI=1S/C23H28N2O2S2/c1-15(2)18-7-9-20(10-8-18)25(12-19-11-16(3)5-6-17(19)4)23-24-21-13-29(26,27)14-22(21)28-23/h5-11,15,21-22H,12-14H2,1-4H3. The number of benzene rings is 2. The number of nitrogens with zero attached hydrogens (tertiary/aromatic N) is 2. The van der Waals surface area contributed by atoms with Gasteiger partial charge in [-0.2, -0.15) is 0 Å². The first kappa shape index (κ1) is 20.5. The molecule has 0 N–H and O–H groups in total. The molecule has 0 radical (unpaired) electrons. The molecule has 0 saturated carbocycles. The Kier molecular flexibility index (Phi) is 5.51. The number of fused-ring (bicyclic) bond motifs is 1. The van der Waals surface area contributed by atoms with E-state index in [4.69, 9.17) is 4.99 Å². The molecule has 2 aliphatic heterocycles. The van der Waals surface area contributed by atoms with E-state index in [1.54, 1.807) is 11.8 Å². The summed E-state index contributed by atoms with van der Waals surface area (Å²) >= 11 is 1.62. The fourth-order valence-electron chi connectivity index (χ4n) is 3.92. The normalized spacial score (nSPS) is 22.6. The van der Waals surface area contributed by atoms with Gasteiger partial charge in [-0.05, 0) is 48.6 Å². The highest BCUT2D eigenvalue weighted by Gasteiger charge is 2.44. The van der Waals surface area contributed by atoms with Gasteiger partial charge in [-0.3, -0.25) is 4.99 Å². The van der Waals surface area contributed by atoms with Crippen LogP contribution in [-0.4, -0.2) is 36.4 Å². The maximum Gasteiger partial charge on any atom is 0.164 e. The van der Waals surface area contributed by atoms with Gasteiger partial charge in [0.05, 0.1) is 24.1 Å². The number of rotatable bonds is 4. The summed E-state index contributed by atoms with van der Waals surface area (Å²) in [6, 6.07) is 15.1. The molecule has 2 heterocycles. The topological polar surface area (TPSA) is 49.7 Å². The average molecular weight is 429 g/mol. The molecule has 0 aromatic heterocycles. The molecule has 0 amide bonds. The lowest BCUT2D eigenvalue weighted by Gasteiger charge is -2.26. The van der Waals surface area contributed by atoms with Crippen LogP contribution in [0.4, 0.5) is 5.69 Å². The largest absolute Gasteiger partial charge is 0.317 e. The summed E-state index contributed by atoms with van der Waals surface area (Å²) in [7, 11) is -2.95. The lowest BCUT2D eigenvalue weighted by molar-refractivity contribution is 0.601. The van der Waals surface area contributed by atoms with Gasteiger partial charge in [-0.15, -0.1) is 0 Å². The van der Waals surface area contributed by atoms with Gasteiger partial charge in [0.25, 0.3) is 0 Å². The second-order valence-electron chi connectivity index (χ2n) is 8.47. The Hall–Kier alpha value is -1.79. The summed E-state index contributed by atoms with van der Waals surface area (Å²) in [5, 5.41) is 0.985. The fourth-order valence-corrected chi connectivity index (χ4v) is 7.70. The first-order chi connectivity index (χ1) is 13.7. The molecule has 2 unspecified atom stereocenters. The van der Waals surface area contributed by atoms with E-state index in [0.29, 0.717) is 5.92 Å². The third kappa shape index (κ3) is 4.38. The Morgan fingerprint density at radius 2 is 1.83 bits per heavy atom. The number of sulfone groups is 1. The van der Waals surface area contributed by atoms with E-state index in [0.717, 1.165) is 17.4 Å². The zero-order valence-electron chi connectivity index (χ0n) is 17.4. The number of anilines is 1. The lowest BCUT2D eigenvalue weighted by Crippen LogP contribution is -2.28. The highest BCUT2D eigenvalue weighted by atomic mass is 32.2. The second kappa shape index (κ2) is 7.80. The van der Waals surface area contributed by atoms with Crippen LogP contribution in [-0.2, 0) is 16.4 Å². The van der Waals surface area contributed by atoms with Gasteiger partial charge in [0.1, 0.15) is 0 Å². The monoisotopic (exact) mass is 428 g/mol. The zero-order chi connectivity index (χ0) is 20.8. The number of amidine groups is 1. The van der Waals surface area contributed by atoms with E-state index in [1.165, 1.54) is 22.3 Å². The van der Waals surface area contributed by atoms with E-state index in [9.17, 15) is 8.42 Å². The molecule has 0 bridgehead atoms. The molecule has 1 saturated heterocycles. The van der Waals surface area contributed by atoms with Gasteiger partial charge in [-0.25, -0.2) is 8.42 Å². The van der Waals surface area contributed by atoms with E-state index in [-0.39, 0.29) is 22.8 Å². The average Bonchev–Trinajstić information content (AvgIpc) is 3.15. The highest BCUT2D eigenvalue weighted by molar-refractivity contribution is 8.15. The van der Waals surface area contributed by atoms with Gasteiger partial charge >= 0.3 is 0 Å². The molecule has 4 rings (SSSR count). The van der Waals surface area contributed by atoms with E-state index < -0.39 is 9.84 Å². The molecule has 0 aliphatic carbocycles. The van der Waals surface area contributed by atoms with Gasteiger partial charge in [0, 0.05) is 10.9 Å². The van der Waals surface area contributed by atoms with Gasteiger partial charge in [0.2, 0.25) is 0 Å². The van der Waals surface area contributed by atoms with Crippen molar-refractivity contribution in [3.63, 3.8) is 0 Å². The van der Waals surface area contributed by atoms with E-state index in [2.05, 4.69) is 75.1 Å². The Labute approximate surface area is 178 Å². The number of hydrogen-bond acceptors (Lipinski definition) is 5. The molecule has 2 atom stereocenters. The summed E-state index contributed by atoms with van der Waals surface area (Å²) in [5.74, 6) is 0.899. The van der Waals surface area contributed by atoms with Crippen LogP contribution in [0, 0.1) is 13.8 Å². The summed E-state index contributed by atoms with van der Waals surface area (Å²) in [4.78, 5) is 7.11. The Morgan fingerprint density at radius 3 is 2.48 bits per heavy atom. The number of aliphatic imine (C=N–C) groups is 1. The van der Waals surface area contributed by atoms with Crippen LogP contribution in [0.25, 0.3) is 0 Å². The molecule has 2 aliphatic rings. The van der Waals surface area contributed by atoms with Crippen molar-refractivity contribution in [2.45, 2.75) is 51.4 Å². The van der Waals surface area contributed by atoms with E-state index in [1.807, 2.05) is 0 Å². The van der Waals surface area contributed by atoms with Gasteiger partial charge < -0.3 is 4.90 Å². The van der Waals surface area contributed by atoms with Crippen molar-refractivity contribution in [2.75, 3.05) is 16.4 Å². The van der Waals surface area contributed by atoms with Crippen LogP contribution in [0.2, 0.25) is 0 Å². The van der Waals surface area contributed by atoms with Crippen molar-refractivity contribution in [3.8, 4) is 0 Å². The lowest BCUT2D eigenvalue weighted by atomic mass is 10.0. The van der Waals surface area contributed by atoms with Crippen molar-refractivity contribution in [2.24, 2.45) is 4.99 Å². The number of thioether (sulfide) groups is 1. The fraction of sp³-hybridized carbons (Fsp3) is 0.435. The first-order valence-corrected chi connectivity index (χ1v) is 12.8. The van der Waals surface area contributed by atoms with Crippen LogP contribution < -0.4 is 4.90 Å². The molecular formula is C23H28N2O2S2. The van der Waals surface area contributed by atoms with Crippen molar-refractivity contribution in [1.29, 1.82) is 0 Å². The van der Waals surface area contributed by atoms with Crippen LogP contribution in [0.1, 0.15) is 42.0 Å². The summed E-state index contributed by atoms with van der Waals surface area (Å²) in [5.41, 5.74) is 6.18. The van der Waals surface area contributed by atoms with Crippen LogP contribution in [0.3, 0.4) is 0 Å². The number of hydrogen-bond donors (Lipinski definition) is 0. The molecular weight excluding hydrogens is 400 g/mol. The smallest absolute Gasteiger partial charge is 0.164 e. The molecule has 29 heavy (non-hydrogen) atoms. The summed E-state index contributed by atoms with van der Waals surface area (Å²) in [6.07, 6.45) is 0.